The molecule has 0 radical (unpaired) electrons. The highest BCUT2D eigenvalue weighted by Crippen LogP contribution is 2.63. The maximum atomic E-state index is 2.50. The lowest BCUT2D eigenvalue weighted by Crippen LogP contribution is -2.26. The zero-order valence-electron chi connectivity index (χ0n) is 34.2. The van der Waals surface area contributed by atoms with Gasteiger partial charge in [-0.25, -0.2) is 0 Å². The molecule has 14 rings (SSSR count). The lowest BCUT2D eigenvalue weighted by atomic mass is 9.70. The minimum absolute atomic E-state index is 0.436. The second-order valence-electron chi connectivity index (χ2n) is 17.1. The molecule has 0 aliphatic heterocycles. The lowest BCUT2D eigenvalue weighted by molar-refractivity contribution is 0.793. The highest BCUT2D eigenvalue weighted by atomic mass is 32.1. The van der Waals surface area contributed by atoms with Gasteiger partial charge in [0.25, 0.3) is 0 Å². The van der Waals surface area contributed by atoms with Crippen LogP contribution < -0.4 is 4.90 Å². The number of thiophene rings is 1. The van der Waals surface area contributed by atoms with E-state index in [9.17, 15) is 0 Å². The van der Waals surface area contributed by atoms with Gasteiger partial charge in [-0.1, -0.05) is 176 Å². The van der Waals surface area contributed by atoms with Crippen molar-refractivity contribution in [2.75, 3.05) is 4.90 Å². The van der Waals surface area contributed by atoms with Gasteiger partial charge in [-0.3, -0.25) is 0 Å². The maximum absolute atomic E-state index is 2.50. The van der Waals surface area contributed by atoms with Crippen LogP contribution in [0.25, 0.3) is 85.9 Å². The van der Waals surface area contributed by atoms with Crippen LogP contribution in [0.2, 0.25) is 0 Å². The van der Waals surface area contributed by atoms with Crippen molar-refractivity contribution in [1.29, 1.82) is 0 Å². The number of rotatable bonds is 4. The molecule has 0 bridgehead atoms. The number of hydrogen-bond donors (Lipinski definition) is 0. The van der Waals surface area contributed by atoms with Gasteiger partial charge in [0.2, 0.25) is 0 Å². The van der Waals surface area contributed by atoms with Crippen LogP contribution in [0.1, 0.15) is 22.3 Å². The van der Waals surface area contributed by atoms with Crippen LogP contribution in [0.3, 0.4) is 0 Å². The third kappa shape index (κ3) is 4.82. The third-order valence-electron chi connectivity index (χ3n) is 14.1. The van der Waals surface area contributed by atoms with Crippen molar-refractivity contribution in [3.05, 3.63) is 247 Å². The van der Waals surface area contributed by atoms with Crippen molar-refractivity contribution >= 4 is 80.9 Å². The van der Waals surface area contributed by atoms with Crippen LogP contribution in [-0.2, 0) is 5.41 Å². The topological polar surface area (TPSA) is 3.24 Å². The zero-order valence-corrected chi connectivity index (χ0v) is 35.0. The minimum Gasteiger partial charge on any atom is -0.310 e. The Labute approximate surface area is 369 Å². The molecule has 0 atom stereocenters. The normalized spacial score (nSPS) is 13.2. The zero-order chi connectivity index (χ0) is 41.2. The first-order valence-electron chi connectivity index (χ1n) is 21.8. The van der Waals surface area contributed by atoms with E-state index in [2.05, 4.69) is 229 Å². The van der Waals surface area contributed by atoms with Crippen molar-refractivity contribution in [3.63, 3.8) is 0 Å². The Balaban J connectivity index is 0.997. The van der Waals surface area contributed by atoms with Gasteiger partial charge in [0.05, 0.1) is 5.41 Å². The first kappa shape index (κ1) is 34.9. The van der Waals surface area contributed by atoms with E-state index in [4.69, 9.17) is 0 Å². The van der Waals surface area contributed by atoms with Crippen molar-refractivity contribution < 1.29 is 0 Å². The molecule has 1 nitrogen and oxygen atoms in total. The van der Waals surface area contributed by atoms with E-state index in [1.54, 1.807) is 0 Å². The summed E-state index contributed by atoms with van der Waals surface area (Å²) in [5.74, 6) is 0. The first-order valence-corrected chi connectivity index (χ1v) is 22.6. The summed E-state index contributed by atoms with van der Waals surface area (Å²) in [5, 5.41) is 10.3. The van der Waals surface area contributed by atoms with Gasteiger partial charge in [0, 0.05) is 37.2 Å². The molecule has 2 aliphatic rings. The summed E-state index contributed by atoms with van der Waals surface area (Å²) in [5.41, 5.74) is 16.0. The number of benzene rings is 11. The quantitative estimate of drug-likeness (QED) is 0.160. The fourth-order valence-electron chi connectivity index (χ4n) is 11.4. The summed E-state index contributed by atoms with van der Waals surface area (Å²) >= 11 is 1.87. The molecular formula is C61H37NS. The van der Waals surface area contributed by atoms with E-state index in [0.717, 1.165) is 17.1 Å². The molecule has 2 aliphatic carbocycles. The highest BCUT2D eigenvalue weighted by Gasteiger charge is 2.51. The predicted molar refractivity (Wildman–Crippen MR) is 268 cm³/mol. The molecule has 292 valence electrons. The molecule has 12 aromatic rings. The molecule has 0 amide bonds. The Morgan fingerprint density at radius 1 is 0.270 bits per heavy atom. The standard InChI is InChI=1S/C61H37NS/c1-2-15-45-43(13-1)44-14-3-4-16-46(44)54-36-41(30-33-47(45)54)62(40-28-25-38(26-29-40)39-27-32-53-52-20-8-12-24-59(52)63-60(53)35-39)42-31-34-51-50-19-7-11-23-57(50)61(58(51)37-42)55-21-9-5-17-48(55)49-18-6-10-22-56(49)61/h1-37H. The van der Waals surface area contributed by atoms with Gasteiger partial charge in [-0.15, -0.1) is 11.3 Å². The molecular weight excluding hydrogens is 779 g/mol. The van der Waals surface area contributed by atoms with Gasteiger partial charge in [0.1, 0.15) is 0 Å². The van der Waals surface area contributed by atoms with E-state index in [0.29, 0.717) is 0 Å². The van der Waals surface area contributed by atoms with E-state index in [1.165, 1.54) is 108 Å². The van der Waals surface area contributed by atoms with Crippen LogP contribution in [0.15, 0.2) is 224 Å². The number of hydrogen-bond acceptors (Lipinski definition) is 2. The van der Waals surface area contributed by atoms with Crippen molar-refractivity contribution in [3.8, 4) is 33.4 Å². The number of anilines is 3. The van der Waals surface area contributed by atoms with Crippen LogP contribution >= 0.6 is 11.3 Å². The average molecular weight is 816 g/mol. The third-order valence-corrected chi connectivity index (χ3v) is 15.2. The Kier molecular flexibility index (Phi) is 7.26. The molecule has 0 saturated carbocycles. The summed E-state index contributed by atoms with van der Waals surface area (Å²) in [4.78, 5) is 2.48. The van der Waals surface area contributed by atoms with Gasteiger partial charge < -0.3 is 4.90 Å². The maximum Gasteiger partial charge on any atom is 0.0726 e. The summed E-state index contributed by atoms with van der Waals surface area (Å²) in [6.07, 6.45) is 0. The Morgan fingerprint density at radius 3 is 1.33 bits per heavy atom. The summed E-state index contributed by atoms with van der Waals surface area (Å²) in [6.45, 7) is 0. The van der Waals surface area contributed by atoms with E-state index in [1.807, 2.05) is 11.3 Å². The Hall–Kier alpha value is -7.78. The van der Waals surface area contributed by atoms with E-state index < -0.39 is 5.41 Å². The van der Waals surface area contributed by atoms with Crippen LogP contribution in [0, 0.1) is 0 Å². The van der Waals surface area contributed by atoms with E-state index >= 15 is 0 Å². The lowest BCUT2D eigenvalue weighted by Gasteiger charge is -2.32. The van der Waals surface area contributed by atoms with E-state index in [-0.39, 0.29) is 0 Å². The largest absolute Gasteiger partial charge is 0.310 e. The number of fused-ring (bicyclic) bond motifs is 19. The van der Waals surface area contributed by atoms with Gasteiger partial charge in [-0.2, -0.15) is 0 Å². The average Bonchev–Trinajstić information content (AvgIpc) is 3.98. The monoisotopic (exact) mass is 815 g/mol. The molecule has 0 fully saturated rings. The molecule has 0 saturated heterocycles. The Bertz CT molecular complexity index is 3770. The highest BCUT2D eigenvalue weighted by molar-refractivity contribution is 7.25. The smallest absolute Gasteiger partial charge is 0.0726 e. The molecule has 1 spiro atoms. The van der Waals surface area contributed by atoms with Crippen LogP contribution in [0.4, 0.5) is 17.1 Å². The summed E-state index contributed by atoms with van der Waals surface area (Å²) in [7, 11) is 0. The fourth-order valence-corrected chi connectivity index (χ4v) is 12.6. The van der Waals surface area contributed by atoms with Crippen molar-refractivity contribution in [2.24, 2.45) is 0 Å². The fraction of sp³-hybridized carbons (Fsp3) is 0.0164. The molecule has 1 heterocycles. The number of nitrogens with zero attached hydrogens (tertiary/aromatic N) is 1. The molecule has 0 unspecified atom stereocenters. The summed E-state index contributed by atoms with van der Waals surface area (Å²) in [6, 6.07) is 84.2. The Morgan fingerprint density at radius 2 is 0.698 bits per heavy atom. The molecule has 1 aromatic heterocycles. The van der Waals surface area contributed by atoms with Gasteiger partial charge in [0.15, 0.2) is 0 Å². The predicted octanol–water partition coefficient (Wildman–Crippen LogP) is 17.0. The SMILES string of the molecule is c1ccc2c(c1)-c1ccccc1C21c2ccccc2-c2ccc(N(c3ccc(-c4ccc5c(c4)sc4ccccc45)cc3)c3ccc4c5ccccc5c5ccccc5c4c3)cc21. The van der Waals surface area contributed by atoms with Gasteiger partial charge in [-0.05, 0) is 136 Å². The second kappa shape index (κ2) is 13.1. The molecule has 0 N–H and O–H groups in total. The minimum atomic E-state index is -0.436. The van der Waals surface area contributed by atoms with Crippen molar-refractivity contribution in [1.82, 2.24) is 0 Å². The summed E-state index contributed by atoms with van der Waals surface area (Å²) < 4.78 is 2.65. The van der Waals surface area contributed by atoms with Crippen LogP contribution in [-0.4, -0.2) is 0 Å². The van der Waals surface area contributed by atoms with Gasteiger partial charge >= 0.3 is 0 Å². The van der Waals surface area contributed by atoms with Crippen LogP contribution in [0.5, 0.6) is 0 Å². The van der Waals surface area contributed by atoms with Crippen molar-refractivity contribution in [2.45, 2.75) is 5.41 Å². The molecule has 11 aromatic carbocycles. The second-order valence-corrected chi connectivity index (χ2v) is 18.2. The molecule has 2 heteroatoms. The molecule has 63 heavy (non-hydrogen) atoms. The first-order chi connectivity index (χ1) is 31.2.